The highest BCUT2D eigenvalue weighted by atomic mass is 16.5. The lowest BCUT2D eigenvalue weighted by molar-refractivity contribution is 0.0809. The van der Waals surface area contributed by atoms with Gasteiger partial charge in [0.25, 0.3) is 0 Å². The van der Waals surface area contributed by atoms with Crippen molar-refractivity contribution < 1.29 is 9.53 Å². The third-order valence-corrected chi connectivity index (χ3v) is 5.99. The maximum Gasteiger partial charge on any atom is 0.179 e. The Balaban J connectivity index is 1.63. The van der Waals surface area contributed by atoms with E-state index in [1.165, 1.54) is 11.3 Å². The summed E-state index contributed by atoms with van der Waals surface area (Å²) < 4.78 is 5.44. The molecule has 1 atom stereocenters. The minimum Gasteiger partial charge on any atom is -0.378 e. The van der Waals surface area contributed by atoms with E-state index < -0.39 is 0 Å². The van der Waals surface area contributed by atoms with E-state index in [0.29, 0.717) is 0 Å². The number of hydrogen-bond donors (Lipinski definition) is 0. The maximum absolute atomic E-state index is 13.4. The fraction of sp³-hybridized carbons (Fsp3) is 0.500. The van der Waals surface area contributed by atoms with Gasteiger partial charge in [-0.3, -0.25) is 9.69 Å². The molecule has 2 aromatic carbocycles. The van der Waals surface area contributed by atoms with Crippen molar-refractivity contribution in [3.8, 4) is 0 Å². The van der Waals surface area contributed by atoms with Gasteiger partial charge < -0.3 is 9.64 Å². The highest BCUT2D eigenvalue weighted by Crippen LogP contribution is 2.20. The summed E-state index contributed by atoms with van der Waals surface area (Å²) in [5.41, 5.74) is 3.37. The molecule has 0 aromatic heterocycles. The van der Waals surface area contributed by atoms with Crippen molar-refractivity contribution in [2.45, 2.75) is 45.6 Å². The largest absolute Gasteiger partial charge is 0.378 e. The van der Waals surface area contributed by atoms with Crippen LogP contribution in [0.1, 0.15) is 49.0 Å². The maximum atomic E-state index is 13.4. The summed E-state index contributed by atoms with van der Waals surface area (Å²) in [5.74, 6) is 0.256. The zero-order valence-corrected chi connectivity index (χ0v) is 18.6. The van der Waals surface area contributed by atoms with Crippen LogP contribution in [0.4, 0.5) is 5.69 Å². The second-order valence-electron chi connectivity index (χ2n) is 8.03. The van der Waals surface area contributed by atoms with Crippen LogP contribution in [0, 0.1) is 0 Å². The van der Waals surface area contributed by atoms with E-state index >= 15 is 0 Å². The molecule has 30 heavy (non-hydrogen) atoms. The second kappa shape index (κ2) is 11.9. The van der Waals surface area contributed by atoms with Gasteiger partial charge >= 0.3 is 0 Å². The van der Waals surface area contributed by atoms with E-state index in [1.807, 2.05) is 12.1 Å². The highest BCUT2D eigenvalue weighted by molar-refractivity contribution is 6.00. The fourth-order valence-corrected chi connectivity index (χ4v) is 4.27. The number of morpholine rings is 1. The van der Waals surface area contributed by atoms with Gasteiger partial charge in [-0.05, 0) is 62.2 Å². The van der Waals surface area contributed by atoms with Crippen molar-refractivity contribution in [3.05, 3.63) is 65.7 Å². The number of aryl methyl sites for hydroxylation is 1. The van der Waals surface area contributed by atoms with Crippen molar-refractivity contribution in [1.29, 1.82) is 0 Å². The van der Waals surface area contributed by atoms with Crippen molar-refractivity contribution in [1.82, 2.24) is 4.90 Å². The molecule has 0 radical (unpaired) electrons. The van der Waals surface area contributed by atoms with E-state index in [0.717, 1.165) is 70.6 Å². The minimum atomic E-state index is -0.0370. The molecule has 0 bridgehead atoms. The number of likely N-dealkylation sites (N-methyl/N-ethyl adjacent to an activating group) is 1. The summed E-state index contributed by atoms with van der Waals surface area (Å²) >= 11 is 0. The lowest BCUT2D eigenvalue weighted by atomic mass is 9.98. The van der Waals surface area contributed by atoms with Gasteiger partial charge in [-0.25, -0.2) is 0 Å². The van der Waals surface area contributed by atoms with Crippen LogP contribution < -0.4 is 4.90 Å². The molecule has 1 aliphatic heterocycles. The summed E-state index contributed by atoms with van der Waals surface area (Å²) in [4.78, 5) is 18.1. The van der Waals surface area contributed by atoms with Gasteiger partial charge in [-0.2, -0.15) is 0 Å². The summed E-state index contributed by atoms with van der Waals surface area (Å²) in [5, 5.41) is 0. The van der Waals surface area contributed by atoms with E-state index in [1.54, 1.807) is 0 Å². The summed E-state index contributed by atoms with van der Waals surface area (Å²) in [6.45, 7) is 9.55. The van der Waals surface area contributed by atoms with E-state index in [-0.39, 0.29) is 11.8 Å². The molecule has 0 amide bonds. The van der Waals surface area contributed by atoms with Gasteiger partial charge in [0.15, 0.2) is 5.78 Å². The number of ketones is 1. The summed E-state index contributed by atoms with van der Waals surface area (Å²) in [7, 11) is 0. The fourth-order valence-electron chi connectivity index (χ4n) is 4.27. The molecule has 1 unspecified atom stereocenters. The smallest absolute Gasteiger partial charge is 0.179 e. The number of carbonyl (C=O) groups is 1. The molecule has 1 saturated heterocycles. The Kier molecular flexibility index (Phi) is 8.91. The molecule has 0 saturated carbocycles. The van der Waals surface area contributed by atoms with Gasteiger partial charge in [-0.1, -0.05) is 50.6 Å². The number of ether oxygens (including phenoxy) is 1. The molecule has 3 rings (SSSR count). The van der Waals surface area contributed by atoms with Gasteiger partial charge in [0.2, 0.25) is 0 Å². The first-order chi connectivity index (χ1) is 14.7. The van der Waals surface area contributed by atoms with E-state index in [4.69, 9.17) is 4.74 Å². The number of nitrogens with zero attached hydrogens (tertiary/aromatic N) is 2. The molecule has 4 nitrogen and oxygen atoms in total. The molecule has 0 N–H and O–H groups in total. The van der Waals surface area contributed by atoms with Crippen molar-refractivity contribution >= 4 is 11.5 Å². The Bertz CT molecular complexity index is 754. The van der Waals surface area contributed by atoms with Crippen molar-refractivity contribution in [2.75, 3.05) is 44.3 Å². The first-order valence-electron chi connectivity index (χ1n) is 11.5. The molecule has 2 aromatic rings. The van der Waals surface area contributed by atoms with Gasteiger partial charge in [0.05, 0.1) is 19.3 Å². The van der Waals surface area contributed by atoms with Crippen LogP contribution in [-0.2, 0) is 11.2 Å². The molecule has 1 aliphatic rings. The molecule has 0 spiro atoms. The zero-order chi connectivity index (χ0) is 21.2. The normalized spacial score (nSPS) is 15.4. The average molecular weight is 409 g/mol. The number of anilines is 1. The van der Waals surface area contributed by atoms with Crippen LogP contribution in [0.2, 0.25) is 0 Å². The van der Waals surface area contributed by atoms with Crippen LogP contribution in [0.5, 0.6) is 0 Å². The molecule has 162 valence electrons. The first-order valence-corrected chi connectivity index (χ1v) is 11.5. The molecule has 4 heteroatoms. The Hall–Kier alpha value is -2.17. The highest BCUT2D eigenvalue weighted by Gasteiger charge is 2.25. The van der Waals surface area contributed by atoms with Crippen LogP contribution >= 0.6 is 0 Å². The lowest BCUT2D eigenvalue weighted by Gasteiger charge is -2.30. The Morgan fingerprint density at radius 1 is 1.03 bits per heavy atom. The molecule has 1 fully saturated rings. The number of Topliss-reactive ketones (excluding diaryl/α,β-unsaturated/α-hetero) is 1. The summed E-state index contributed by atoms with van der Waals surface area (Å²) in [6, 6.07) is 18.8. The van der Waals surface area contributed by atoms with Crippen molar-refractivity contribution in [2.24, 2.45) is 0 Å². The monoisotopic (exact) mass is 408 g/mol. The average Bonchev–Trinajstić information content (AvgIpc) is 2.82. The number of benzene rings is 2. The number of rotatable bonds is 11. The quantitative estimate of drug-likeness (QED) is 0.499. The van der Waals surface area contributed by atoms with Crippen molar-refractivity contribution in [3.63, 3.8) is 0 Å². The third kappa shape index (κ3) is 6.16. The van der Waals surface area contributed by atoms with Gasteiger partial charge in [-0.15, -0.1) is 0 Å². The zero-order valence-electron chi connectivity index (χ0n) is 18.6. The predicted molar refractivity (Wildman–Crippen MR) is 125 cm³/mol. The van der Waals surface area contributed by atoms with Crippen LogP contribution in [0.25, 0.3) is 0 Å². The SMILES string of the molecule is CCCC(C(=O)c1ccc(N2CCOCC2)cc1)N(CC)CCCc1ccccc1. The minimum absolute atomic E-state index is 0.0370. The predicted octanol–water partition coefficient (Wildman–Crippen LogP) is 4.83. The van der Waals surface area contributed by atoms with Gasteiger partial charge in [0, 0.05) is 24.3 Å². The van der Waals surface area contributed by atoms with E-state index in [2.05, 4.69) is 66.1 Å². The molecule has 0 aliphatic carbocycles. The standard InChI is InChI=1S/C26H36N2O2/c1-3-9-25(27(4-2)17-8-12-22-10-6-5-7-11-22)26(29)23-13-15-24(16-14-23)28-18-20-30-21-19-28/h5-7,10-11,13-16,25H,3-4,8-9,12,17-21H2,1-2H3. The van der Waals surface area contributed by atoms with Gasteiger partial charge in [0.1, 0.15) is 0 Å². The Labute approximate surface area is 181 Å². The second-order valence-corrected chi connectivity index (χ2v) is 8.03. The topological polar surface area (TPSA) is 32.8 Å². The third-order valence-electron chi connectivity index (χ3n) is 5.99. The lowest BCUT2D eigenvalue weighted by Crippen LogP contribution is -2.42. The summed E-state index contributed by atoms with van der Waals surface area (Å²) in [6.07, 6.45) is 4.04. The Morgan fingerprint density at radius 3 is 2.37 bits per heavy atom. The van der Waals surface area contributed by atoms with E-state index in [9.17, 15) is 4.79 Å². The molecule has 1 heterocycles. The van der Waals surface area contributed by atoms with Crippen LogP contribution in [0.3, 0.4) is 0 Å². The Morgan fingerprint density at radius 2 is 1.73 bits per heavy atom. The van der Waals surface area contributed by atoms with Crippen LogP contribution in [-0.4, -0.2) is 56.1 Å². The molecular formula is C26H36N2O2. The molecular weight excluding hydrogens is 372 g/mol. The van der Waals surface area contributed by atoms with Crippen LogP contribution in [0.15, 0.2) is 54.6 Å². The first kappa shape index (κ1) is 22.5. The number of carbonyl (C=O) groups excluding carboxylic acids is 1. The number of hydrogen-bond acceptors (Lipinski definition) is 4.